The number of carbonyl (C=O) groups excluding carboxylic acids is 4. The van der Waals surface area contributed by atoms with Gasteiger partial charge < -0.3 is 35.2 Å². The molecule has 56 heavy (non-hydrogen) atoms. The highest BCUT2D eigenvalue weighted by Gasteiger charge is 2.41. The summed E-state index contributed by atoms with van der Waals surface area (Å²) in [5.74, 6) is 1.10. The molecule has 3 aliphatic rings. The van der Waals surface area contributed by atoms with Crippen LogP contribution in [0.4, 0.5) is 28.8 Å². The molecule has 0 radical (unpaired) electrons. The van der Waals surface area contributed by atoms with Gasteiger partial charge in [0.15, 0.2) is 5.82 Å². The van der Waals surface area contributed by atoms with Crippen LogP contribution in [0.25, 0.3) is 0 Å². The van der Waals surface area contributed by atoms with Gasteiger partial charge in [-0.15, -0.1) is 0 Å². The second-order valence-corrected chi connectivity index (χ2v) is 15.7. The molecular formula is C43H57N7O6. The third-order valence-electron chi connectivity index (χ3n) is 11.1. The first-order valence-electron chi connectivity index (χ1n) is 20.3. The zero-order valence-electron chi connectivity index (χ0n) is 33.4. The normalized spacial score (nSPS) is 17.8. The van der Waals surface area contributed by atoms with Gasteiger partial charge in [-0.2, -0.15) is 4.98 Å². The molecule has 2 fully saturated rings. The van der Waals surface area contributed by atoms with Crippen molar-refractivity contribution in [2.75, 3.05) is 34.6 Å². The van der Waals surface area contributed by atoms with Crippen molar-refractivity contribution < 1.29 is 28.7 Å². The van der Waals surface area contributed by atoms with Crippen LogP contribution in [-0.2, 0) is 25.5 Å². The smallest absolute Gasteiger partial charge is 0.328 e. The molecule has 0 bridgehead atoms. The molecule has 3 aromatic rings. The molecule has 1 aliphatic heterocycles. The third kappa shape index (κ3) is 9.78. The van der Waals surface area contributed by atoms with Gasteiger partial charge >= 0.3 is 5.97 Å². The van der Waals surface area contributed by atoms with Crippen molar-refractivity contribution >= 4 is 52.5 Å². The monoisotopic (exact) mass is 767 g/mol. The number of ether oxygens (including phenoxy) is 2. The molecule has 0 unspecified atom stereocenters. The molecule has 2 saturated carbocycles. The second-order valence-electron chi connectivity index (χ2n) is 15.7. The van der Waals surface area contributed by atoms with Crippen LogP contribution < -0.4 is 30.5 Å². The first-order chi connectivity index (χ1) is 27.0. The highest BCUT2D eigenvalue weighted by molar-refractivity contribution is 6.05. The number of aromatic nitrogens is 2. The number of esters is 1. The summed E-state index contributed by atoms with van der Waals surface area (Å²) in [6, 6.07) is 12.1. The first-order valence-corrected chi connectivity index (χ1v) is 20.3. The molecule has 2 aliphatic carbocycles. The number of carbonyl (C=O) groups is 4. The molecule has 3 N–H and O–H groups in total. The van der Waals surface area contributed by atoms with E-state index < -0.39 is 6.04 Å². The fraction of sp³-hybridized carbons (Fsp3) is 0.535. The van der Waals surface area contributed by atoms with E-state index in [0.29, 0.717) is 66.4 Å². The van der Waals surface area contributed by atoms with Crippen LogP contribution in [0.3, 0.4) is 0 Å². The lowest BCUT2D eigenvalue weighted by Crippen LogP contribution is -2.55. The molecule has 3 amide bonds. The highest BCUT2D eigenvalue weighted by Crippen LogP contribution is 2.40. The van der Waals surface area contributed by atoms with Crippen molar-refractivity contribution in [3.05, 3.63) is 59.8 Å². The molecule has 1 aromatic heterocycles. The molecule has 13 heteroatoms. The second kappa shape index (κ2) is 18.6. The van der Waals surface area contributed by atoms with Crippen LogP contribution in [0.15, 0.2) is 48.7 Å². The van der Waals surface area contributed by atoms with Gasteiger partial charge in [-0.25, -0.2) is 9.78 Å². The van der Waals surface area contributed by atoms with Gasteiger partial charge in [0.05, 0.1) is 19.0 Å². The van der Waals surface area contributed by atoms with Gasteiger partial charge in [0, 0.05) is 30.8 Å². The Morgan fingerprint density at radius 2 is 1.70 bits per heavy atom. The minimum absolute atomic E-state index is 0.0328. The molecule has 300 valence electrons. The quantitative estimate of drug-likeness (QED) is 0.126. The van der Waals surface area contributed by atoms with Gasteiger partial charge in [-0.05, 0) is 106 Å². The van der Waals surface area contributed by atoms with Crippen molar-refractivity contribution in [3.63, 3.8) is 0 Å². The van der Waals surface area contributed by atoms with Gasteiger partial charge in [-0.1, -0.05) is 45.7 Å². The van der Waals surface area contributed by atoms with E-state index >= 15 is 0 Å². The maximum atomic E-state index is 13.3. The Morgan fingerprint density at radius 3 is 2.38 bits per heavy atom. The van der Waals surface area contributed by atoms with E-state index in [1.807, 2.05) is 45.0 Å². The summed E-state index contributed by atoms with van der Waals surface area (Å²) >= 11 is 0. The summed E-state index contributed by atoms with van der Waals surface area (Å²) in [5, 5.41) is 9.13. The summed E-state index contributed by atoms with van der Waals surface area (Å²) in [7, 11) is 3.32. The number of rotatable bonds is 16. The Hall–Kier alpha value is -5.20. The Morgan fingerprint density at radius 1 is 0.982 bits per heavy atom. The number of nitrogens with zero attached hydrogens (tertiary/aromatic N) is 4. The van der Waals surface area contributed by atoms with Crippen molar-refractivity contribution in [3.8, 4) is 5.75 Å². The minimum Gasteiger partial charge on any atom is -0.495 e. The Kier molecular flexibility index (Phi) is 13.5. The van der Waals surface area contributed by atoms with Crippen molar-refractivity contribution in [2.24, 2.45) is 5.92 Å². The van der Waals surface area contributed by atoms with Gasteiger partial charge in [0.25, 0.3) is 5.91 Å². The van der Waals surface area contributed by atoms with Gasteiger partial charge in [0.2, 0.25) is 17.8 Å². The molecule has 0 spiro atoms. The van der Waals surface area contributed by atoms with E-state index in [2.05, 4.69) is 25.8 Å². The number of methoxy groups -OCH3 is 1. The average Bonchev–Trinajstić information content (AvgIpc) is 3.92. The molecule has 2 aromatic carbocycles. The standard InChI is InChI=1S/C43H57N7O6/c1-6-35-41(53)49(4)36-26-44-43(48-39(36)50(35)31-13-7-8-14-31)47-33-23-20-29(25-37(33)55-5)40(52)45-30-21-18-28(19-22-30)12-11-17-38(51)46-34(24-27(2)3)42(54)56-32-15-9-10-16-32/h18-23,25-27,31-32,34-35H,6-17,24H2,1-5H3,(H,45,52)(H,46,51)(H,44,47,48)/t34-,35+/m1/s1. The molecule has 13 nitrogen and oxygen atoms in total. The molecule has 2 heterocycles. The van der Waals surface area contributed by atoms with E-state index in [1.165, 1.54) is 0 Å². The largest absolute Gasteiger partial charge is 0.495 e. The number of hydrogen-bond acceptors (Lipinski definition) is 10. The number of benzene rings is 2. The number of nitrogens with one attached hydrogen (secondary N) is 3. The fourth-order valence-corrected chi connectivity index (χ4v) is 8.12. The minimum atomic E-state index is -0.626. The van der Waals surface area contributed by atoms with Crippen LogP contribution >= 0.6 is 0 Å². The van der Waals surface area contributed by atoms with Crippen LogP contribution in [0.1, 0.15) is 114 Å². The number of hydrogen-bond donors (Lipinski definition) is 3. The number of likely N-dealkylation sites (N-methyl/N-ethyl adjacent to an activating group) is 1. The van der Waals surface area contributed by atoms with E-state index in [-0.39, 0.29) is 47.8 Å². The SMILES string of the molecule is CC[C@H]1C(=O)N(C)c2cnc(Nc3ccc(C(=O)Nc4ccc(CCCC(=O)N[C@H](CC(C)C)C(=O)OC5CCCC5)cc4)cc3OC)nc2N1C1CCCC1. The topological polar surface area (TPSA) is 155 Å². The van der Waals surface area contributed by atoms with E-state index in [9.17, 15) is 19.2 Å². The molecule has 2 atom stereocenters. The predicted molar refractivity (Wildman–Crippen MR) is 218 cm³/mol. The summed E-state index contributed by atoms with van der Waals surface area (Å²) < 4.78 is 11.4. The molecule has 6 rings (SSSR count). The number of aryl methyl sites for hydroxylation is 1. The summed E-state index contributed by atoms with van der Waals surface area (Å²) in [6.07, 6.45) is 12.8. The van der Waals surface area contributed by atoms with Crippen LogP contribution in [-0.4, -0.2) is 72.0 Å². The molecular weight excluding hydrogens is 711 g/mol. The molecule has 0 saturated heterocycles. The fourth-order valence-electron chi connectivity index (χ4n) is 8.12. The van der Waals surface area contributed by atoms with Gasteiger partial charge in [0.1, 0.15) is 29.6 Å². The Labute approximate surface area is 330 Å². The zero-order valence-corrected chi connectivity index (χ0v) is 33.4. The zero-order chi connectivity index (χ0) is 39.8. The highest BCUT2D eigenvalue weighted by atomic mass is 16.5. The average molecular weight is 768 g/mol. The summed E-state index contributed by atoms with van der Waals surface area (Å²) in [4.78, 5) is 65.5. The van der Waals surface area contributed by atoms with E-state index in [0.717, 1.165) is 62.7 Å². The van der Waals surface area contributed by atoms with Crippen LogP contribution in [0, 0.1) is 5.92 Å². The Balaban J connectivity index is 1.03. The van der Waals surface area contributed by atoms with E-state index in [4.69, 9.17) is 14.5 Å². The maximum absolute atomic E-state index is 13.3. The summed E-state index contributed by atoms with van der Waals surface area (Å²) in [6.45, 7) is 6.10. The van der Waals surface area contributed by atoms with E-state index in [1.54, 1.807) is 43.5 Å². The third-order valence-corrected chi connectivity index (χ3v) is 11.1. The number of fused-ring (bicyclic) bond motifs is 1. The van der Waals surface area contributed by atoms with Gasteiger partial charge in [-0.3, -0.25) is 14.4 Å². The first kappa shape index (κ1) is 40.5. The predicted octanol–water partition coefficient (Wildman–Crippen LogP) is 7.32. The lowest BCUT2D eigenvalue weighted by atomic mass is 10.0. The van der Waals surface area contributed by atoms with Crippen molar-refractivity contribution in [2.45, 2.75) is 128 Å². The lowest BCUT2D eigenvalue weighted by molar-refractivity contribution is -0.153. The Bertz CT molecular complexity index is 1860. The number of anilines is 5. The summed E-state index contributed by atoms with van der Waals surface area (Å²) in [5.41, 5.74) is 3.37. The number of amides is 3. The van der Waals surface area contributed by atoms with Crippen molar-refractivity contribution in [1.29, 1.82) is 0 Å². The maximum Gasteiger partial charge on any atom is 0.328 e. The van der Waals surface area contributed by atoms with Crippen LogP contribution in [0.2, 0.25) is 0 Å². The van der Waals surface area contributed by atoms with Crippen molar-refractivity contribution in [1.82, 2.24) is 15.3 Å². The van der Waals surface area contributed by atoms with Crippen LogP contribution in [0.5, 0.6) is 5.75 Å². The lowest BCUT2D eigenvalue weighted by Gasteiger charge is -2.43.